The smallest absolute Gasteiger partial charge is 0.338 e. The van der Waals surface area contributed by atoms with Crippen LogP contribution < -0.4 is 5.32 Å². The van der Waals surface area contributed by atoms with E-state index >= 15 is 0 Å². The summed E-state index contributed by atoms with van der Waals surface area (Å²) in [5.74, 6) is -0.317. The molecule has 25 heavy (non-hydrogen) atoms. The average molecular weight is 334 g/mol. The van der Waals surface area contributed by atoms with Crippen LogP contribution in [0, 0.1) is 20.8 Å². The average Bonchev–Trinajstić information content (AvgIpc) is 2.58. The lowest BCUT2D eigenvalue weighted by molar-refractivity contribution is 0.0526. The summed E-state index contributed by atoms with van der Waals surface area (Å²) in [4.78, 5) is 16.6. The number of carbonyl (C=O) groups is 1. The predicted octanol–water partition coefficient (Wildman–Crippen LogP) is 5.08. The van der Waals surface area contributed by atoms with Crippen LogP contribution in [0.25, 0.3) is 10.9 Å². The largest absolute Gasteiger partial charge is 0.462 e. The molecule has 0 radical (unpaired) electrons. The molecular weight excluding hydrogens is 312 g/mol. The fourth-order valence-corrected chi connectivity index (χ4v) is 2.83. The van der Waals surface area contributed by atoms with E-state index < -0.39 is 0 Å². The van der Waals surface area contributed by atoms with Gasteiger partial charge in [0, 0.05) is 22.5 Å². The molecule has 1 aromatic heterocycles. The zero-order valence-corrected chi connectivity index (χ0v) is 15.0. The number of nitrogens with one attached hydrogen (secondary N) is 1. The van der Waals surface area contributed by atoms with Gasteiger partial charge in [-0.15, -0.1) is 0 Å². The first kappa shape index (κ1) is 17.0. The van der Waals surface area contributed by atoms with Crippen LogP contribution in [-0.2, 0) is 4.74 Å². The molecule has 128 valence electrons. The summed E-state index contributed by atoms with van der Waals surface area (Å²) >= 11 is 0. The number of aromatic nitrogens is 1. The Kier molecular flexibility index (Phi) is 4.70. The molecule has 3 rings (SSSR count). The molecular formula is C21H22N2O2. The number of benzene rings is 2. The summed E-state index contributed by atoms with van der Waals surface area (Å²) in [6.45, 7) is 8.31. The van der Waals surface area contributed by atoms with Crippen molar-refractivity contribution in [3.8, 4) is 0 Å². The normalized spacial score (nSPS) is 10.7. The van der Waals surface area contributed by atoms with Gasteiger partial charge in [0.2, 0.25) is 0 Å². The Hall–Kier alpha value is -2.88. The van der Waals surface area contributed by atoms with Crippen molar-refractivity contribution in [3.05, 3.63) is 64.8 Å². The van der Waals surface area contributed by atoms with E-state index in [9.17, 15) is 4.79 Å². The molecule has 0 amide bonds. The minimum absolute atomic E-state index is 0.317. The van der Waals surface area contributed by atoms with Gasteiger partial charge in [-0.2, -0.15) is 0 Å². The minimum atomic E-state index is -0.317. The third-order valence-corrected chi connectivity index (χ3v) is 4.32. The molecule has 0 aliphatic rings. The number of aryl methyl sites for hydroxylation is 2. The van der Waals surface area contributed by atoms with Crippen molar-refractivity contribution < 1.29 is 9.53 Å². The number of anilines is 2. The van der Waals surface area contributed by atoms with Crippen LogP contribution in [-0.4, -0.2) is 17.6 Å². The molecule has 0 spiro atoms. The van der Waals surface area contributed by atoms with Crippen LogP contribution in [0.5, 0.6) is 0 Å². The van der Waals surface area contributed by atoms with Gasteiger partial charge in [0.05, 0.1) is 17.7 Å². The van der Waals surface area contributed by atoms with E-state index in [1.165, 1.54) is 11.1 Å². The van der Waals surface area contributed by atoms with Crippen LogP contribution >= 0.6 is 0 Å². The minimum Gasteiger partial charge on any atom is -0.462 e. The maximum atomic E-state index is 12.1. The van der Waals surface area contributed by atoms with Crippen molar-refractivity contribution in [2.75, 3.05) is 11.9 Å². The maximum Gasteiger partial charge on any atom is 0.338 e. The second-order valence-electron chi connectivity index (χ2n) is 6.14. The molecule has 1 heterocycles. The molecule has 4 heteroatoms. The molecule has 0 saturated carbocycles. The van der Waals surface area contributed by atoms with Gasteiger partial charge in [-0.1, -0.05) is 12.1 Å². The first-order valence-electron chi connectivity index (χ1n) is 8.41. The van der Waals surface area contributed by atoms with Crippen molar-refractivity contribution in [3.63, 3.8) is 0 Å². The van der Waals surface area contributed by atoms with Crippen molar-refractivity contribution in [2.24, 2.45) is 0 Å². The number of hydrogen-bond donors (Lipinski definition) is 1. The number of esters is 1. The Morgan fingerprint density at radius 3 is 2.64 bits per heavy atom. The Morgan fingerprint density at radius 2 is 1.88 bits per heavy atom. The lowest BCUT2D eigenvalue weighted by Gasteiger charge is -2.15. The second-order valence-corrected chi connectivity index (χ2v) is 6.14. The third kappa shape index (κ3) is 3.48. The van der Waals surface area contributed by atoms with Gasteiger partial charge in [0.1, 0.15) is 0 Å². The van der Waals surface area contributed by atoms with Crippen LogP contribution in [0.15, 0.2) is 42.5 Å². The molecule has 0 saturated heterocycles. The molecule has 0 aliphatic carbocycles. The highest BCUT2D eigenvalue weighted by Crippen LogP contribution is 2.29. The SMILES string of the molecule is CCOC(=O)c1ccc2nc(C)cc(Nc3cccc(C)c3C)c2c1. The Morgan fingerprint density at radius 1 is 1.08 bits per heavy atom. The summed E-state index contributed by atoms with van der Waals surface area (Å²) in [5, 5.41) is 4.40. The maximum absolute atomic E-state index is 12.1. The third-order valence-electron chi connectivity index (χ3n) is 4.32. The first-order valence-corrected chi connectivity index (χ1v) is 8.41. The number of fused-ring (bicyclic) bond motifs is 1. The van der Waals surface area contributed by atoms with E-state index in [0.29, 0.717) is 12.2 Å². The Bertz CT molecular complexity index is 948. The summed E-state index contributed by atoms with van der Waals surface area (Å²) in [6.07, 6.45) is 0. The fourth-order valence-electron chi connectivity index (χ4n) is 2.83. The topological polar surface area (TPSA) is 51.2 Å². The summed E-state index contributed by atoms with van der Waals surface area (Å²) < 4.78 is 5.11. The number of ether oxygens (including phenoxy) is 1. The van der Waals surface area contributed by atoms with E-state index in [1.807, 2.05) is 31.2 Å². The lowest BCUT2D eigenvalue weighted by atomic mass is 10.1. The fraction of sp³-hybridized carbons (Fsp3) is 0.238. The van der Waals surface area contributed by atoms with Gasteiger partial charge in [-0.3, -0.25) is 4.98 Å². The number of pyridine rings is 1. The van der Waals surface area contributed by atoms with Gasteiger partial charge in [0.25, 0.3) is 0 Å². The number of hydrogen-bond acceptors (Lipinski definition) is 4. The van der Waals surface area contributed by atoms with Crippen LogP contribution in [0.3, 0.4) is 0 Å². The highest BCUT2D eigenvalue weighted by molar-refractivity contribution is 5.99. The Balaban J connectivity index is 2.11. The molecule has 0 aliphatic heterocycles. The standard InChI is InChI=1S/C21H22N2O2/c1-5-25-21(24)16-9-10-19-17(12-16)20(11-14(3)22-19)23-18-8-6-7-13(2)15(18)4/h6-12H,5H2,1-4H3,(H,22,23). The number of nitrogens with zero attached hydrogens (tertiary/aromatic N) is 1. The number of carbonyl (C=O) groups excluding carboxylic acids is 1. The molecule has 0 atom stereocenters. The highest BCUT2D eigenvalue weighted by atomic mass is 16.5. The van der Waals surface area contributed by atoms with E-state index in [0.717, 1.165) is 28.0 Å². The molecule has 4 nitrogen and oxygen atoms in total. The zero-order chi connectivity index (χ0) is 18.0. The molecule has 0 fully saturated rings. The van der Waals surface area contributed by atoms with Gasteiger partial charge in [-0.25, -0.2) is 4.79 Å². The van der Waals surface area contributed by atoms with Crippen molar-refractivity contribution in [2.45, 2.75) is 27.7 Å². The van der Waals surface area contributed by atoms with Crippen molar-refractivity contribution >= 4 is 28.2 Å². The Labute approximate surface area is 147 Å². The summed E-state index contributed by atoms with van der Waals surface area (Å²) in [6, 6.07) is 13.6. The van der Waals surface area contributed by atoms with E-state index in [4.69, 9.17) is 4.74 Å². The van der Waals surface area contributed by atoms with E-state index in [-0.39, 0.29) is 5.97 Å². The first-order chi connectivity index (χ1) is 12.0. The van der Waals surface area contributed by atoms with E-state index in [1.54, 1.807) is 13.0 Å². The lowest BCUT2D eigenvalue weighted by Crippen LogP contribution is -2.05. The van der Waals surface area contributed by atoms with Crippen LogP contribution in [0.4, 0.5) is 11.4 Å². The monoisotopic (exact) mass is 334 g/mol. The molecule has 2 aromatic carbocycles. The van der Waals surface area contributed by atoms with Gasteiger partial charge in [-0.05, 0) is 69.2 Å². The molecule has 3 aromatic rings. The zero-order valence-electron chi connectivity index (χ0n) is 15.0. The van der Waals surface area contributed by atoms with Crippen molar-refractivity contribution in [1.29, 1.82) is 0 Å². The molecule has 1 N–H and O–H groups in total. The van der Waals surface area contributed by atoms with Gasteiger partial charge >= 0.3 is 5.97 Å². The highest BCUT2D eigenvalue weighted by Gasteiger charge is 2.11. The summed E-state index contributed by atoms with van der Waals surface area (Å²) in [5.41, 5.74) is 6.71. The second kappa shape index (κ2) is 6.93. The quantitative estimate of drug-likeness (QED) is 0.676. The number of rotatable bonds is 4. The van der Waals surface area contributed by atoms with Gasteiger partial charge in [0.15, 0.2) is 0 Å². The van der Waals surface area contributed by atoms with Crippen LogP contribution in [0.1, 0.15) is 34.1 Å². The van der Waals surface area contributed by atoms with Crippen LogP contribution in [0.2, 0.25) is 0 Å². The molecule has 0 bridgehead atoms. The predicted molar refractivity (Wildman–Crippen MR) is 102 cm³/mol. The molecule has 0 unspecified atom stereocenters. The van der Waals surface area contributed by atoms with Gasteiger partial charge < -0.3 is 10.1 Å². The van der Waals surface area contributed by atoms with Crippen molar-refractivity contribution in [1.82, 2.24) is 4.98 Å². The van der Waals surface area contributed by atoms with E-state index in [2.05, 4.69) is 36.3 Å². The summed E-state index contributed by atoms with van der Waals surface area (Å²) in [7, 11) is 0.